The molecular formula is C6H12NO. The average molecular weight is 114 g/mol. The molecule has 0 aromatic carbocycles. The standard InChI is InChI=1S/C6H12NO/c8-5-6-1-3-7-4-2-6/h5-8H,1-4H2. The monoisotopic (exact) mass is 114 g/mol. The van der Waals surface area contributed by atoms with Gasteiger partial charge in [-0.25, -0.2) is 0 Å². The van der Waals surface area contributed by atoms with Gasteiger partial charge in [0.1, 0.15) is 0 Å². The molecule has 0 saturated carbocycles. The molecule has 47 valence electrons. The Morgan fingerprint density at radius 2 is 2.00 bits per heavy atom. The number of aliphatic hydroxyl groups is 1. The lowest BCUT2D eigenvalue weighted by atomic mass is 10.00. The Kier molecular flexibility index (Phi) is 2.30. The lowest BCUT2D eigenvalue weighted by molar-refractivity contribution is 0.271. The topological polar surface area (TPSA) is 32.3 Å². The lowest BCUT2D eigenvalue weighted by Gasteiger charge is -2.19. The summed E-state index contributed by atoms with van der Waals surface area (Å²) in [5.74, 6) is 0.455. The van der Waals surface area contributed by atoms with Gasteiger partial charge in [-0.15, -0.1) is 0 Å². The fourth-order valence-electron chi connectivity index (χ4n) is 0.993. The van der Waals surface area contributed by atoms with Crippen LogP contribution < -0.4 is 5.32 Å². The summed E-state index contributed by atoms with van der Waals surface area (Å²) in [6.07, 6.45) is 2.19. The zero-order valence-corrected chi connectivity index (χ0v) is 4.93. The minimum Gasteiger partial charge on any atom is -0.390 e. The minimum absolute atomic E-state index is 0.455. The van der Waals surface area contributed by atoms with E-state index in [1.807, 2.05) is 0 Å². The zero-order valence-electron chi connectivity index (χ0n) is 4.93. The predicted octanol–water partition coefficient (Wildman–Crippen LogP) is 0.520. The van der Waals surface area contributed by atoms with Gasteiger partial charge in [-0.2, -0.15) is 0 Å². The van der Waals surface area contributed by atoms with E-state index < -0.39 is 0 Å². The van der Waals surface area contributed by atoms with Crippen molar-refractivity contribution in [3.8, 4) is 0 Å². The molecule has 2 nitrogen and oxygen atoms in total. The molecule has 0 atom stereocenters. The molecule has 0 aliphatic carbocycles. The number of aliphatic hydroxyl groups excluding tert-OH is 1. The molecule has 1 heterocycles. The third-order valence-corrected chi connectivity index (χ3v) is 1.59. The highest BCUT2D eigenvalue weighted by molar-refractivity contribution is 4.72. The van der Waals surface area contributed by atoms with Gasteiger partial charge in [-0.3, -0.25) is 0 Å². The zero-order chi connectivity index (χ0) is 5.82. The smallest absolute Gasteiger partial charge is 0.0830 e. The van der Waals surface area contributed by atoms with E-state index in [4.69, 9.17) is 5.11 Å². The molecule has 0 amide bonds. The van der Waals surface area contributed by atoms with E-state index in [2.05, 4.69) is 5.32 Å². The molecule has 1 aliphatic rings. The maximum Gasteiger partial charge on any atom is 0.0830 e. The number of hydrogen-bond acceptors (Lipinski definition) is 2. The van der Waals surface area contributed by atoms with Crippen LogP contribution in [0, 0.1) is 12.5 Å². The van der Waals surface area contributed by atoms with Gasteiger partial charge in [0.05, 0.1) is 6.61 Å². The molecule has 8 heavy (non-hydrogen) atoms. The van der Waals surface area contributed by atoms with Crippen LogP contribution in [-0.4, -0.2) is 18.2 Å². The first-order valence-corrected chi connectivity index (χ1v) is 3.12. The molecule has 2 heteroatoms. The molecule has 1 rings (SSSR count). The molecule has 1 radical (unpaired) electrons. The second-order valence-corrected chi connectivity index (χ2v) is 2.24. The Morgan fingerprint density at radius 1 is 1.38 bits per heavy atom. The Morgan fingerprint density at radius 3 is 2.38 bits per heavy atom. The Balaban J connectivity index is 2.13. The summed E-state index contributed by atoms with van der Waals surface area (Å²) in [5.41, 5.74) is 0. The lowest BCUT2D eigenvalue weighted by Crippen LogP contribution is -2.27. The van der Waals surface area contributed by atoms with Gasteiger partial charge in [0.15, 0.2) is 0 Å². The first-order chi connectivity index (χ1) is 3.93. The summed E-state index contributed by atoms with van der Waals surface area (Å²) in [6, 6.07) is 0. The van der Waals surface area contributed by atoms with Gasteiger partial charge >= 0.3 is 0 Å². The van der Waals surface area contributed by atoms with Crippen molar-refractivity contribution in [1.82, 2.24) is 5.32 Å². The quantitative estimate of drug-likeness (QED) is 0.521. The summed E-state index contributed by atoms with van der Waals surface area (Å²) < 4.78 is 0. The van der Waals surface area contributed by atoms with Gasteiger partial charge in [-0.1, -0.05) is 0 Å². The van der Waals surface area contributed by atoms with Crippen molar-refractivity contribution in [3.05, 3.63) is 6.61 Å². The van der Waals surface area contributed by atoms with E-state index in [0.717, 1.165) is 25.9 Å². The molecule has 2 N–H and O–H groups in total. The van der Waals surface area contributed by atoms with Crippen LogP contribution in [0.3, 0.4) is 0 Å². The van der Waals surface area contributed by atoms with Crippen molar-refractivity contribution in [2.45, 2.75) is 12.8 Å². The summed E-state index contributed by atoms with van der Waals surface area (Å²) in [5, 5.41) is 11.8. The van der Waals surface area contributed by atoms with Crippen molar-refractivity contribution in [2.75, 3.05) is 13.1 Å². The molecule has 1 fully saturated rings. The van der Waals surface area contributed by atoms with Crippen molar-refractivity contribution in [2.24, 2.45) is 5.92 Å². The fourth-order valence-corrected chi connectivity index (χ4v) is 0.993. The normalized spacial score (nSPS) is 23.6. The van der Waals surface area contributed by atoms with Crippen LogP contribution in [0.5, 0.6) is 0 Å². The van der Waals surface area contributed by atoms with Crippen molar-refractivity contribution < 1.29 is 5.11 Å². The van der Waals surface area contributed by atoms with E-state index in [0.29, 0.717) is 5.92 Å². The average Bonchev–Trinajstić information content (AvgIpc) is 1.90. The van der Waals surface area contributed by atoms with Gasteiger partial charge in [0.2, 0.25) is 0 Å². The van der Waals surface area contributed by atoms with E-state index in [1.165, 1.54) is 6.61 Å². The van der Waals surface area contributed by atoms with Crippen molar-refractivity contribution >= 4 is 0 Å². The SMILES string of the molecule is O[CH]C1CCNCC1. The number of hydrogen-bond donors (Lipinski definition) is 2. The van der Waals surface area contributed by atoms with Crippen LogP contribution >= 0.6 is 0 Å². The number of rotatable bonds is 1. The van der Waals surface area contributed by atoms with Crippen LogP contribution in [0.4, 0.5) is 0 Å². The van der Waals surface area contributed by atoms with E-state index in [1.54, 1.807) is 0 Å². The second kappa shape index (κ2) is 3.05. The second-order valence-electron chi connectivity index (χ2n) is 2.24. The van der Waals surface area contributed by atoms with Crippen LogP contribution in [0.2, 0.25) is 0 Å². The minimum atomic E-state index is 0.455. The summed E-state index contributed by atoms with van der Waals surface area (Å²) in [4.78, 5) is 0. The van der Waals surface area contributed by atoms with Crippen molar-refractivity contribution in [1.29, 1.82) is 0 Å². The van der Waals surface area contributed by atoms with E-state index >= 15 is 0 Å². The molecule has 0 bridgehead atoms. The molecule has 1 saturated heterocycles. The largest absolute Gasteiger partial charge is 0.390 e. The summed E-state index contributed by atoms with van der Waals surface area (Å²) in [6.45, 7) is 3.43. The maximum atomic E-state index is 8.54. The van der Waals surface area contributed by atoms with Crippen LogP contribution in [0.25, 0.3) is 0 Å². The molecule has 0 spiro atoms. The van der Waals surface area contributed by atoms with E-state index in [-0.39, 0.29) is 0 Å². The highest BCUT2D eigenvalue weighted by Gasteiger charge is 2.10. The summed E-state index contributed by atoms with van der Waals surface area (Å²) in [7, 11) is 0. The molecule has 0 aromatic rings. The van der Waals surface area contributed by atoms with E-state index in [9.17, 15) is 0 Å². The van der Waals surface area contributed by atoms with Crippen LogP contribution in [0.15, 0.2) is 0 Å². The highest BCUT2D eigenvalue weighted by atomic mass is 16.3. The molecule has 0 aromatic heterocycles. The third-order valence-electron chi connectivity index (χ3n) is 1.59. The molecule has 1 aliphatic heterocycles. The highest BCUT2D eigenvalue weighted by Crippen LogP contribution is 2.11. The van der Waals surface area contributed by atoms with Crippen LogP contribution in [-0.2, 0) is 0 Å². The third kappa shape index (κ3) is 1.46. The number of nitrogens with one attached hydrogen (secondary N) is 1. The van der Waals surface area contributed by atoms with Crippen molar-refractivity contribution in [3.63, 3.8) is 0 Å². The fraction of sp³-hybridized carbons (Fsp3) is 0.833. The van der Waals surface area contributed by atoms with Gasteiger partial charge < -0.3 is 10.4 Å². The molecule has 0 unspecified atom stereocenters. The molecular weight excluding hydrogens is 102 g/mol. The Hall–Kier alpha value is -0.0800. The van der Waals surface area contributed by atoms with Crippen LogP contribution in [0.1, 0.15) is 12.8 Å². The number of piperidine rings is 1. The predicted molar refractivity (Wildman–Crippen MR) is 31.8 cm³/mol. The Bertz CT molecular complexity index is 59.5. The Labute approximate surface area is 49.9 Å². The summed E-state index contributed by atoms with van der Waals surface area (Å²) >= 11 is 0. The first kappa shape index (κ1) is 6.05. The first-order valence-electron chi connectivity index (χ1n) is 3.12. The van der Waals surface area contributed by atoms with Gasteiger partial charge in [0.25, 0.3) is 0 Å². The maximum absolute atomic E-state index is 8.54. The van der Waals surface area contributed by atoms with Gasteiger partial charge in [0, 0.05) is 0 Å². The van der Waals surface area contributed by atoms with Gasteiger partial charge in [-0.05, 0) is 31.8 Å².